The van der Waals surface area contributed by atoms with Crippen molar-refractivity contribution in [1.82, 2.24) is 0 Å². The summed E-state index contributed by atoms with van der Waals surface area (Å²) in [4.78, 5) is 2.40. The number of rotatable bonds is 5. The predicted octanol–water partition coefficient (Wildman–Crippen LogP) is 15.5. The summed E-state index contributed by atoms with van der Waals surface area (Å²) in [6.07, 6.45) is 0. The Morgan fingerprint density at radius 2 is 0.852 bits per heavy atom. The normalized spacial score (nSPS) is 11.7. The highest BCUT2D eigenvalue weighted by Gasteiger charge is 2.19. The molecule has 252 valence electrons. The maximum Gasteiger partial charge on any atom is 0.0540 e. The van der Waals surface area contributed by atoms with Gasteiger partial charge in [0.15, 0.2) is 0 Å². The molecule has 0 N–H and O–H groups in total. The van der Waals surface area contributed by atoms with Crippen LogP contribution in [0.5, 0.6) is 0 Å². The van der Waals surface area contributed by atoms with Crippen molar-refractivity contribution in [3.63, 3.8) is 0 Å². The highest BCUT2D eigenvalue weighted by molar-refractivity contribution is 7.25. The van der Waals surface area contributed by atoms with Crippen LogP contribution in [-0.2, 0) is 0 Å². The molecule has 0 fully saturated rings. The molecule has 11 rings (SSSR count). The minimum Gasteiger partial charge on any atom is -0.310 e. The molecule has 1 nitrogen and oxygen atoms in total. The Hall–Kier alpha value is -6.74. The monoisotopic (exact) mass is 703 g/mol. The molecule has 0 aliphatic heterocycles. The molecule has 0 amide bonds. The van der Waals surface area contributed by atoms with Crippen molar-refractivity contribution in [2.24, 2.45) is 0 Å². The molecular formula is C52H33NS. The molecule has 0 atom stereocenters. The molecule has 1 aromatic heterocycles. The van der Waals surface area contributed by atoms with Gasteiger partial charge in [-0.25, -0.2) is 0 Å². The van der Waals surface area contributed by atoms with Crippen LogP contribution in [0.25, 0.3) is 85.5 Å². The summed E-state index contributed by atoms with van der Waals surface area (Å²) in [6.45, 7) is 0. The number of thiophene rings is 1. The van der Waals surface area contributed by atoms with E-state index < -0.39 is 0 Å². The summed E-state index contributed by atoms with van der Waals surface area (Å²) < 4.78 is 2.65. The Kier molecular flexibility index (Phi) is 7.11. The first-order valence-corrected chi connectivity index (χ1v) is 19.3. The summed E-state index contributed by atoms with van der Waals surface area (Å²) in [5.74, 6) is 0. The van der Waals surface area contributed by atoms with Crippen molar-refractivity contribution in [2.45, 2.75) is 0 Å². The van der Waals surface area contributed by atoms with Gasteiger partial charge in [-0.3, -0.25) is 0 Å². The molecular weight excluding hydrogens is 671 g/mol. The number of hydrogen-bond acceptors (Lipinski definition) is 2. The van der Waals surface area contributed by atoms with Crippen LogP contribution in [0.4, 0.5) is 17.1 Å². The quantitative estimate of drug-likeness (QED) is 0.161. The maximum atomic E-state index is 2.40. The number of nitrogens with zero attached hydrogens (tertiary/aromatic N) is 1. The van der Waals surface area contributed by atoms with Gasteiger partial charge in [0.25, 0.3) is 0 Å². The molecule has 0 spiro atoms. The summed E-state index contributed by atoms with van der Waals surface area (Å²) >= 11 is 1.87. The minimum atomic E-state index is 1.12. The minimum absolute atomic E-state index is 1.12. The van der Waals surface area contributed by atoms with E-state index in [1.807, 2.05) is 11.3 Å². The molecule has 54 heavy (non-hydrogen) atoms. The number of hydrogen-bond donors (Lipinski definition) is 0. The van der Waals surface area contributed by atoms with Crippen molar-refractivity contribution in [1.29, 1.82) is 0 Å². The van der Waals surface area contributed by atoms with E-state index in [-0.39, 0.29) is 0 Å². The van der Waals surface area contributed by atoms with Crippen molar-refractivity contribution in [2.75, 3.05) is 4.90 Å². The van der Waals surface area contributed by atoms with E-state index in [0.29, 0.717) is 0 Å². The molecule has 2 heteroatoms. The van der Waals surface area contributed by atoms with Crippen molar-refractivity contribution >= 4 is 91.7 Å². The Bertz CT molecular complexity index is 3210. The van der Waals surface area contributed by atoms with Crippen LogP contribution < -0.4 is 4.90 Å². The van der Waals surface area contributed by atoms with Crippen molar-refractivity contribution in [3.8, 4) is 22.3 Å². The van der Waals surface area contributed by atoms with Crippen LogP contribution in [0, 0.1) is 0 Å². The lowest BCUT2D eigenvalue weighted by Crippen LogP contribution is -2.10. The fourth-order valence-corrected chi connectivity index (χ4v) is 9.75. The molecule has 0 unspecified atom stereocenters. The van der Waals surface area contributed by atoms with Crippen molar-refractivity contribution in [3.05, 3.63) is 200 Å². The van der Waals surface area contributed by atoms with Gasteiger partial charge in [0.2, 0.25) is 0 Å². The lowest BCUT2D eigenvalue weighted by Gasteiger charge is -2.28. The van der Waals surface area contributed by atoms with Crippen LogP contribution in [0.2, 0.25) is 0 Å². The Morgan fingerprint density at radius 3 is 1.72 bits per heavy atom. The molecule has 10 aromatic carbocycles. The summed E-state index contributed by atoms with van der Waals surface area (Å²) in [5.41, 5.74) is 8.37. The van der Waals surface area contributed by atoms with Crippen LogP contribution in [0.3, 0.4) is 0 Å². The first kappa shape index (κ1) is 30.8. The number of anilines is 3. The van der Waals surface area contributed by atoms with E-state index >= 15 is 0 Å². The molecule has 0 saturated carbocycles. The van der Waals surface area contributed by atoms with Gasteiger partial charge < -0.3 is 4.90 Å². The van der Waals surface area contributed by atoms with Crippen LogP contribution in [0.15, 0.2) is 200 Å². The van der Waals surface area contributed by atoms with Gasteiger partial charge in [0, 0.05) is 36.9 Å². The molecule has 0 saturated heterocycles. The maximum absolute atomic E-state index is 2.40. The van der Waals surface area contributed by atoms with Gasteiger partial charge in [0.05, 0.1) is 5.69 Å². The largest absolute Gasteiger partial charge is 0.310 e. The Labute approximate surface area is 317 Å². The lowest BCUT2D eigenvalue weighted by atomic mass is 9.90. The fourth-order valence-electron chi connectivity index (χ4n) is 8.61. The third kappa shape index (κ3) is 4.85. The molecule has 0 aliphatic rings. The second-order valence-corrected chi connectivity index (χ2v) is 15.1. The zero-order valence-electron chi connectivity index (χ0n) is 29.4. The number of benzene rings is 10. The van der Waals surface area contributed by atoms with Gasteiger partial charge >= 0.3 is 0 Å². The lowest BCUT2D eigenvalue weighted by molar-refractivity contribution is 1.30. The molecule has 0 radical (unpaired) electrons. The third-order valence-electron chi connectivity index (χ3n) is 11.1. The highest BCUT2D eigenvalue weighted by Crippen LogP contribution is 2.45. The fraction of sp³-hybridized carbons (Fsp3) is 0. The van der Waals surface area contributed by atoms with Crippen LogP contribution >= 0.6 is 11.3 Å². The van der Waals surface area contributed by atoms with Gasteiger partial charge in [0.1, 0.15) is 0 Å². The predicted molar refractivity (Wildman–Crippen MR) is 235 cm³/mol. The second-order valence-electron chi connectivity index (χ2n) is 14.0. The highest BCUT2D eigenvalue weighted by atomic mass is 32.1. The van der Waals surface area contributed by atoms with E-state index in [2.05, 4.69) is 205 Å². The zero-order valence-corrected chi connectivity index (χ0v) is 30.2. The van der Waals surface area contributed by atoms with Crippen LogP contribution in [-0.4, -0.2) is 0 Å². The van der Waals surface area contributed by atoms with E-state index in [0.717, 1.165) is 17.1 Å². The zero-order chi connectivity index (χ0) is 35.6. The van der Waals surface area contributed by atoms with E-state index in [4.69, 9.17) is 0 Å². The molecule has 1 heterocycles. The molecule has 11 aromatic rings. The summed E-state index contributed by atoms with van der Waals surface area (Å²) in [7, 11) is 0. The smallest absolute Gasteiger partial charge is 0.0540 e. The first-order chi connectivity index (χ1) is 26.8. The number of para-hydroxylation sites is 1. The third-order valence-corrected chi connectivity index (χ3v) is 12.2. The van der Waals surface area contributed by atoms with E-state index in [1.54, 1.807) is 0 Å². The second kappa shape index (κ2) is 12.4. The average molecular weight is 704 g/mol. The van der Waals surface area contributed by atoms with Crippen molar-refractivity contribution < 1.29 is 0 Å². The average Bonchev–Trinajstić information content (AvgIpc) is 3.63. The van der Waals surface area contributed by atoms with Gasteiger partial charge in [-0.05, 0) is 102 Å². The number of fused-ring (bicyclic) bond motifs is 9. The Balaban J connectivity index is 1.07. The first-order valence-electron chi connectivity index (χ1n) is 18.5. The van der Waals surface area contributed by atoms with Gasteiger partial charge in [-0.1, -0.05) is 158 Å². The van der Waals surface area contributed by atoms with Crippen LogP contribution in [0.1, 0.15) is 0 Å². The van der Waals surface area contributed by atoms with Gasteiger partial charge in [-0.2, -0.15) is 0 Å². The topological polar surface area (TPSA) is 3.24 Å². The van der Waals surface area contributed by atoms with Gasteiger partial charge in [-0.15, -0.1) is 11.3 Å². The van der Waals surface area contributed by atoms with E-state index in [9.17, 15) is 0 Å². The standard InChI is InChI=1S/C52H33NS/c1-2-13-36(14-3-1)53(37-27-24-35(25-28-37)39-19-11-23-51-52(39)48-18-8-9-22-50(48)54-51)49-33-32-46(42-16-6-7-17-47(42)49)41-21-10-20-40-44-29-26-34-12-4-5-15-38(34)43(44)30-31-45(40)41/h1-33H. The molecule has 0 bridgehead atoms. The van der Waals surface area contributed by atoms with E-state index in [1.165, 1.54) is 85.5 Å². The molecule has 0 aliphatic carbocycles. The SMILES string of the molecule is c1ccc(N(c2ccc(-c3cccc4sc5ccccc5c34)cc2)c2ccc(-c3cccc4c3ccc3c5ccccc5ccc43)c3ccccc23)cc1. The Morgan fingerprint density at radius 1 is 0.296 bits per heavy atom. The summed E-state index contributed by atoms with van der Waals surface area (Å²) in [6, 6.07) is 73.4. The summed E-state index contributed by atoms with van der Waals surface area (Å²) in [5, 5.41) is 12.8.